The van der Waals surface area contributed by atoms with E-state index in [1.165, 1.54) is 0 Å². The average Bonchev–Trinajstić information content (AvgIpc) is 3.44. The molecule has 336 valence electrons. The first-order valence-corrected chi connectivity index (χ1v) is 22.5. The molecule has 10 aromatic rings. The molecule has 0 fully saturated rings. The Kier molecular flexibility index (Phi) is 9.56. The second-order valence-electron chi connectivity index (χ2n) is 16.5. The Morgan fingerprint density at radius 3 is 0.833 bits per heavy atom. The van der Waals surface area contributed by atoms with Crippen LogP contribution in [0.1, 0.15) is 11.6 Å². The Morgan fingerprint density at radius 2 is 0.597 bits per heavy atom. The lowest BCUT2D eigenvalue weighted by atomic mass is 9.85. The molecule has 15 nitrogen and oxygen atoms in total. The number of aromatic nitrogens is 6. The van der Waals surface area contributed by atoms with Gasteiger partial charge in [-0.05, 0) is 72.8 Å². The first-order valence-electron chi connectivity index (χ1n) is 22.5. The highest BCUT2D eigenvalue weighted by atomic mass is 16.5. The maximum atomic E-state index is 10.2. The van der Waals surface area contributed by atoms with Crippen molar-refractivity contribution in [2.45, 2.75) is 0 Å². The molecule has 0 N–H and O–H groups in total. The fraction of sp³-hybridized carbons (Fsp3) is 0. The number of hydrogen-bond acceptors (Lipinski definition) is 14. The molecule has 0 aliphatic carbocycles. The fourth-order valence-electron chi connectivity index (χ4n) is 9.58. The van der Waals surface area contributed by atoms with Crippen LogP contribution in [0.3, 0.4) is 0 Å². The summed E-state index contributed by atoms with van der Waals surface area (Å²) in [6.45, 7) is 7.94. The minimum absolute atomic E-state index is 0.0341. The lowest BCUT2D eigenvalue weighted by molar-refractivity contribution is 0.477. The van der Waals surface area contributed by atoms with Gasteiger partial charge in [0.15, 0.2) is 34.5 Å². The number of benzene rings is 7. The topological polar surface area (TPSA) is 167 Å². The summed E-state index contributed by atoms with van der Waals surface area (Å²) in [6, 6.07) is 50.9. The largest absolute Gasteiger partial charge is 0.453 e. The molecule has 3 aliphatic heterocycles. The van der Waals surface area contributed by atoms with Gasteiger partial charge in [-0.25, -0.2) is 19.9 Å². The van der Waals surface area contributed by atoms with Crippen LogP contribution in [0.25, 0.3) is 38.2 Å². The Bertz CT molecular complexity index is 3410. The molecule has 0 saturated heterocycles. The maximum Gasteiger partial charge on any atom is 0.371 e. The van der Waals surface area contributed by atoms with E-state index in [2.05, 4.69) is 61.6 Å². The van der Waals surface area contributed by atoms with Crippen LogP contribution >= 0.6 is 0 Å². The molecule has 72 heavy (non-hydrogen) atoms. The van der Waals surface area contributed by atoms with Crippen molar-refractivity contribution >= 4 is 57.1 Å². The molecule has 7 aromatic carbocycles. The van der Waals surface area contributed by atoms with Crippen molar-refractivity contribution < 1.29 is 14.2 Å². The predicted octanol–water partition coefficient (Wildman–Crippen LogP) is 14.1. The molecule has 0 bridgehead atoms. The van der Waals surface area contributed by atoms with Crippen molar-refractivity contribution in [3.63, 3.8) is 0 Å². The van der Waals surface area contributed by atoms with E-state index in [1.807, 2.05) is 146 Å². The van der Waals surface area contributed by atoms with Gasteiger partial charge < -0.3 is 33.8 Å². The van der Waals surface area contributed by atoms with Crippen LogP contribution in [-0.4, -0.2) is 29.9 Å². The second-order valence-corrected chi connectivity index (χ2v) is 16.5. The van der Waals surface area contributed by atoms with Gasteiger partial charge in [0.1, 0.15) is 12.1 Å². The maximum absolute atomic E-state index is 10.2. The van der Waals surface area contributed by atoms with Gasteiger partial charge in [0.2, 0.25) is 11.6 Å². The van der Waals surface area contributed by atoms with Crippen LogP contribution in [0.4, 0.5) is 57.1 Å². The minimum atomic E-state index is -0.0504. The van der Waals surface area contributed by atoms with Crippen molar-refractivity contribution in [2.75, 3.05) is 14.7 Å². The number of rotatable bonds is 6. The molecular weight excluding hydrogens is 901 g/mol. The van der Waals surface area contributed by atoms with E-state index in [1.54, 1.807) is 37.2 Å². The molecule has 3 aromatic heterocycles. The first-order chi connectivity index (χ1) is 35.6. The Morgan fingerprint density at radius 1 is 0.361 bits per heavy atom. The SMILES string of the molecule is [C-]#[N+]c1ncc(-c2c(N3c4ccccc4Oc4ccccc43)c(-c3cnc(C#N)nc3)c(N3c4ccccc4Oc4ccccc43)c(-c3cnc(C#N)nc3)c2N2c3ccccc3Oc3ccccc32)cn1. The van der Waals surface area contributed by atoms with Gasteiger partial charge in [0.25, 0.3) is 0 Å². The number of fused-ring (bicyclic) bond motifs is 6. The monoisotopic (exact) mass is 930 g/mol. The van der Waals surface area contributed by atoms with Crippen molar-refractivity contribution in [1.82, 2.24) is 29.9 Å². The Labute approximate surface area is 410 Å². The minimum Gasteiger partial charge on any atom is -0.453 e. The zero-order valence-electron chi connectivity index (χ0n) is 37.4. The number of anilines is 9. The van der Waals surface area contributed by atoms with Gasteiger partial charge in [0, 0.05) is 52.6 Å². The van der Waals surface area contributed by atoms with E-state index in [0.717, 1.165) is 0 Å². The van der Waals surface area contributed by atoms with E-state index in [9.17, 15) is 10.5 Å². The lowest BCUT2D eigenvalue weighted by Crippen LogP contribution is -2.25. The summed E-state index contributed by atoms with van der Waals surface area (Å²) in [5.41, 5.74) is 9.08. The van der Waals surface area contributed by atoms with Crippen LogP contribution in [0.2, 0.25) is 0 Å². The summed E-state index contributed by atoms with van der Waals surface area (Å²) >= 11 is 0. The van der Waals surface area contributed by atoms with E-state index in [4.69, 9.17) is 20.8 Å². The number of hydrogen-bond donors (Lipinski definition) is 0. The molecule has 13 rings (SSSR count). The number of ether oxygens (including phenoxy) is 3. The van der Waals surface area contributed by atoms with Crippen LogP contribution in [-0.2, 0) is 0 Å². The van der Waals surface area contributed by atoms with Gasteiger partial charge in [-0.2, -0.15) is 20.5 Å². The molecule has 15 heteroatoms. The Balaban J connectivity index is 1.35. The van der Waals surface area contributed by atoms with E-state index in [0.29, 0.717) is 119 Å². The summed E-state index contributed by atoms with van der Waals surface area (Å²) in [4.78, 5) is 37.9. The Hall–Kier alpha value is -11.0. The van der Waals surface area contributed by atoms with Crippen molar-refractivity contribution in [3.05, 3.63) is 206 Å². The summed E-state index contributed by atoms with van der Waals surface area (Å²) in [5.74, 6) is 3.30. The molecule has 0 saturated carbocycles. The molecule has 0 atom stereocenters. The molecular formula is C57H30N12O3. The predicted molar refractivity (Wildman–Crippen MR) is 269 cm³/mol. The fourth-order valence-corrected chi connectivity index (χ4v) is 9.58. The van der Waals surface area contributed by atoms with Crippen LogP contribution < -0.4 is 28.9 Å². The van der Waals surface area contributed by atoms with Gasteiger partial charge in [-0.1, -0.05) is 72.8 Å². The number of nitrogens with zero attached hydrogens (tertiary/aromatic N) is 12. The summed E-state index contributed by atoms with van der Waals surface area (Å²) in [7, 11) is 0. The van der Waals surface area contributed by atoms with Crippen LogP contribution in [0.15, 0.2) is 183 Å². The quantitative estimate of drug-likeness (QED) is 0.144. The van der Waals surface area contributed by atoms with Gasteiger partial charge in [-0.3, -0.25) is 0 Å². The van der Waals surface area contributed by atoms with Gasteiger partial charge in [0.05, 0.1) is 69.1 Å². The van der Waals surface area contributed by atoms with Crippen molar-refractivity contribution in [1.29, 1.82) is 10.5 Å². The molecule has 6 heterocycles. The molecule has 0 amide bonds. The smallest absolute Gasteiger partial charge is 0.371 e. The first kappa shape index (κ1) is 41.3. The third-order valence-corrected chi connectivity index (χ3v) is 12.5. The zero-order chi connectivity index (χ0) is 48.3. The molecule has 0 unspecified atom stereocenters. The highest BCUT2D eigenvalue weighted by molar-refractivity contribution is 6.19. The van der Waals surface area contributed by atoms with Crippen molar-refractivity contribution in [2.24, 2.45) is 0 Å². The summed E-state index contributed by atoms with van der Waals surface area (Å²) in [6.07, 6.45) is 9.87. The molecule has 0 spiro atoms. The second kappa shape index (κ2) is 16.7. The normalized spacial score (nSPS) is 12.4. The molecule has 3 aliphatic rings. The van der Waals surface area contributed by atoms with E-state index in [-0.39, 0.29) is 17.6 Å². The van der Waals surface area contributed by atoms with Gasteiger partial charge in [-0.15, -0.1) is 6.57 Å². The number of para-hydroxylation sites is 12. The average molecular weight is 931 g/mol. The highest BCUT2D eigenvalue weighted by Gasteiger charge is 2.42. The summed E-state index contributed by atoms with van der Waals surface area (Å²) in [5, 5.41) is 20.3. The third-order valence-electron chi connectivity index (χ3n) is 12.5. The third kappa shape index (κ3) is 6.49. The van der Waals surface area contributed by atoms with E-state index < -0.39 is 0 Å². The van der Waals surface area contributed by atoms with Crippen LogP contribution in [0, 0.1) is 29.2 Å². The van der Waals surface area contributed by atoms with Crippen molar-refractivity contribution in [3.8, 4) is 80.0 Å². The van der Waals surface area contributed by atoms with E-state index >= 15 is 0 Å². The highest BCUT2D eigenvalue weighted by Crippen LogP contribution is 2.67. The molecule has 0 radical (unpaired) electrons. The summed E-state index contributed by atoms with van der Waals surface area (Å²) < 4.78 is 20.2. The zero-order valence-corrected chi connectivity index (χ0v) is 37.4. The van der Waals surface area contributed by atoms with Gasteiger partial charge >= 0.3 is 5.95 Å². The lowest BCUT2D eigenvalue weighted by Gasteiger charge is -2.43. The standard InChI is InChI=1S/C57H30N12O3/c1-60-57-65-32-36(33-66-57)53-55(68-39-16-4-10-22-45(39)71-46-23-11-5-17-40(46)68)51(34-28-61-49(26-58)62-29-34)54(67-37-14-2-8-20-43(37)70-44-21-9-3-15-38(44)67)52(35-30-63-50(27-59)64-31-35)56(53)69-41-18-6-12-24-47(41)72-48-25-13-7-19-42(48)69/h2-25,28-33H. The number of nitriles is 2. The van der Waals surface area contributed by atoms with Crippen LogP contribution in [0.5, 0.6) is 34.5 Å².